The van der Waals surface area contributed by atoms with Crippen LogP contribution in [0, 0.1) is 0 Å². The van der Waals surface area contributed by atoms with E-state index in [1.54, 1.807) is 20.8 Å². The summed E-state index contributed by atoms with van der Waals surface area (Å²) in [5, 5.41) is 12.7. The fraction of sp³-hybridized carbons (Fsp3) is 0.720. The average Bonchev–Trinajstić information content (AvgIpc) is 2.81. The molecule has 0 spiro atoms. The lowest BCUT2D eigenvalue weighted by Crippen LogP contribution is -2.56. The number of piperidine rings is 1. The van der Waals surface area contributed by atoms with E-state index < -0.39 is 73.6 Å². The van der Waals surface area contributed by atoms with Gasteiger partial charge in [-0.25, -0.2) is 19.2 Å². The third-order valence-electron chi connectivity index (χ3n) is 6.45. The highest BCUT2D eigenvalue weighted by atomic mass is 19.4. The minimum absolute atomic E-state index is 0.0916. The summed E-state index contributed by atoms with van der Waals surface area (Å²) in [6.45, 7) is 5.38. The number of fused-ring (bicyclic) bond motifs is 1. The van der Waals surface area contributed by atoms with Crippen LogP contribution in [0.2, 0.25) is 0 Å². The van der Waals surface area contributed by atoms with Crippen molar-refractivity contribution in [1.29, 1.82) is 0 Å². The van der Waals surface area contributed by atoms with Gasteiger partial charge in [0.25, 0.3) is 0 Å². The van der Waals surface area contributed by atoms with Crippen LogP contribution in [0.15, 0.2) is 6.20 Å². The second kappa shape index (κ2) is 12.0. The number of amides is 3. The zero-order valence-corrected chi connectivity index (χ0v) is 22.4. The molecule has 0 radical (unpaired) electrons. The molecule has 1 aromatic rings. The maximum Gasteiger partial charge on any atom is 0.407 e. The van der Waals surface area contributed by atoms with Crippen LogP contribution >= 0.6 is 0 Å². The maximum atomic E-state index is 14.1. The molecule has 0 aliphatic carbocycles. The molecule has 3 amide bonds. The zero-order valence-electron chi connectivity index (χ0n) is 22.4. The number of alkyl halides is 4. The molecule has 1 aromatic heterocycles. The van der Waals surface area contributed by atoms with Crippen LogP contribution in [-0.2, 0) is 27.3 Å². The van der Waals surface area contributed by atoms with Gasteiger partial charge in [-0.3, -0.25) is 9.59 Å². The number of aryl methyl sites for hydroxylation is 1. The quantitative estimate of drug-likeness (QED) is 0.491. The highest BCUT2D eigenvalue weighted by Crippen LogP contribution is 2.39. The number of hydrogen-bond acceptors (Lipinski definition) is 7. The van der Waals surface area contributed by atoms with E-state index in [1.807, 2.05) is 6.92 Å². The van der Waals surface area contributed by atoms with Crippen LogP contribution in [-0.4, -0.2) is 86.1 Å². The van der Waals surface area contributed by atoms with E-state index in [0.717, 1.165) is 16.0 Å². The van der Waals surface area contributed by atoms with Gasteiger partial charge in [0, 0.05) is 44.1 Å². The normalized spacial score (nSPS) is 22.8. The van der Waals surface area contributed by atoms with Gasteiger partial charge in [0.15, 0.2) is 6.23 Å². The highest BCUT2D eigenvalue weighted by Gasteiger charge is 2.47. The predicted octanol–water partition coefficient (Wildman–Crippen LogP) is 2.98. The molecule has 0 saturated carbocycles. The van der Waals surface area contributed by atoms with Crippen molar-refractivity contribution in [3.05, 3.63) is 23.3 Å². The Morgan fingerprint density at radius 3 is 2.59 bits per heavy atom. The molecule has 0 bridgehead atoms. The SMILES string of the molecule is CCCc1ncc2c(n1)CN(C(=O)CC(CN1C(=O)CC[C@H](F)C1O)NC(=O)OC(C)(C)C)CC2C(F)(F)F. The molecule has 10 nitrogen and oxygen atoms in total. The average molecular weight is 562 g/mol. The molecule has 3 unspecified atom stereocenters. The third kappa shape index (κ3) is 7.99. The number of aliphatic hydroxyl groups is 1. The smallest absolute Gasteiger partial charge is 0.407 e. The summed E-state index contributed by atoms with van der Waals surface area (Å²) in [5.41, 5.74) is -0.907. The van der Waals surface area contributed by atoms with Gasteiger partial charge < -0.3 is 25.0 Å². The molecule has 0 aromatic carbocycles. The summed E-state index contributed by atoms with van der Waals surface area (Å²) in [7, 11) is 0. The second-order valence-electron chi connectivity index (χ2n) is 10.9. The molecule has 3 rings (SSSR count). The molecule has 39 heavy (non-hydrogen) atoms. The molecule has 1 saturated heterocycles. The van der Waals surface area contributed by atoms with Gasteiger partial charge in [-0.15, -0.1) is 0 Å². The number of carbonyl (C=O) groups excluding carboxylic acids is 3. The molecule has 2 N–H and O–H groups in total. The van der Waals surface area contributed by atoms with Crippen molar-refractivity contribution >= 4 is 17.9 Å². The zero-order chi connectivity index (χ0) is 29.1. The Kier molecular flexibility index (Phi) is 9.39. The summed E-state index contributed by atoms with van der Waals surface area (Å²) in [6, 6.07) is -1.18. The van der Waals surface area contributed by atoms with E-state index in [9.17, 15) is 37.1 Å². The van der Waals surface area contributed by atoms with Crippen LogP contribution in [0.3, 0.4) is 0 Å². The van der Waals surface area contributed by atoms with Crippen molar-refractivity contribution in [2.45, 2.75) is 102 Å². The molecule has 2 aliphatic rings. The third-order valence-corrected chi connectivity index (χ3v) is 6.45. The Labute approximate surface area is 224 Å². The van der Waals surface area contributed by atoms with Crippen molar-refractivity contribution in [1.82, 2.24) is 25.1 Å². The lowest BCUT2D eigenvalue weighted by Gasteiger charge is -2.38. The van der Waals surface area contributed by atoms with Crippen molar-refractivity contribution < 1.29 is 41.8 Å². The van der Waals surface area contributed by atoms with Gasteiger partial charge >= 0.3 is 12.3 Å². The number of hydrogen-bond donors (Lipinski definition) is 2. The highest BCUT2D eigenvalue weighted by molar-refractivity contribution is 5.80. The first-order valence-corrected chi connectivity index (χ1v) is 12.9. The summed E-state index contributed by atoms with van der Waals surface area (Å²) in [4.78, 5) is 48.3. The van der Waals surface area contributed by atoms with Crippen LogP contribution in [0.25, 0.3) is 0 Å². The lowest BCUT2D eigenvalue weighted by atomic mass is 9.93. The van der Waals surface area contributed by atoms with Crippen LogP contribution in [0.5, 0.6) is 0 Å². The Hall–Kier alpha value is -3.03. The fourth-order valence-electron chi connectivity index (χ4n) is 4.58. The maximum absolute atomic E-state index is 14.1. The van der Waals surface area contributed by atoms with Gasteiger partial charge in [0.1, 0.15) is 23.5 Å². The van der Waals surface area contributed by atoms with Gasteiger partial charge in [-0.05, 0) is 33.6 Å². The summed E-state index contributed by atoms with van der Waals surface area (Å²) in [6.07, 6.45) is -7.68. The van der Waals surface area contributed by atoms with E-state index in [-0.39, 0.29) is 30.6 Å². The molecular formula is C25H35F4N5O5. The number of nitrogens with one attached hydrogen (secondary N) is 1. The van der Waals surface area contributed by atoms with Crippen molar-refractivity contribution in [2.75, 3.05) is 13.1 Å². The van der Waals surface area contributed by atoms with Gasteiger partial charge in [-0.1, -0.05) is 6.92 Å². The Morgan fingerprint density at radius 1 is 1.28 bits per heavy atom. The summed E-state index contributed by atoms with van der Waals surface area (Å²) in [5.74, 6) is -2.96. The number of nitrogens with zero attached hydrogens (tertiary/aromatic N) is 4. The molecule has 3 heterocycles. The molecule has 14 heteroatoms. The number of ether oxygens (including phenoxy) is 1. The minimum atomic E-state index is -4.67. The van der Waals surface area contributed by atoms with Crippen LogP contribution in [0.1, 0.15) is 76.4 Å². The molecular weight excluding hydrogens is 526 g/mol. The van der Waals surface area contributed by atoms with E-state index in [2.05, 4.69) is 15.3 Å². The molecule has 2 aliphatic heterocycles. The minimum Gasteiger partial charge on any atom is -0.444 e. The number of alkyl carbamates (subject to hydrolysis) is 1. The number of aliphatic hydroxyl groups excluding tert-OH is 1. The predicted molar refractivity (Wildman–Crippen MR) is 130 cm³/mol. The molecule has 4 atom stereocenters. The summed E-state index contributed by atoms with van der Waals surface area (Å²) < 4.78 is 61.2. The Morgan fingerprint density at radius 2 is 1.97 bits per heavy atom. The van der Waals surface area contributed by atoms with Gasteiger partial charge in [-0.2, -0.15) is 13.2 Å². The van der Waals surface area contributed by atoms with E-state index >= 15 is 0 Å². The first kappa shape index (κ1) is 30.5. The number of carbonyl (C=O) groups is 3. The standard InChI is InChI=1S/C25H35F4N5O5/c1-5-6-19-30-10-15-16(25(27,28)29)12-33(13-18(15)32-19)21(36)9-14(31-23(38)39-24(2,3)4)11-34-20(35)8-7-17(26)22(34)37/h10,14,16-17,22,37H,5-9,11-13H2,1-4H3,(H,31,38)/t14?,16?,17-,22?/m0/s1. The van der Waals surface area contributed by atoms with Crippen molar-refractivity contribution in [3.8, 4) is 0 Å². The first-order chi connectivity index (χ1) is 18.1. The number of halogens is 4. The lowest BCUT2D eigenvalue weighted by molar-refractivity contribution is -0.163. The van der Waals surface area contributed by atoms with Crippen LogP contribution in [0.4, 0.5) is 22.4 Å². The van der Waals surface area contributed by atoms with Gasteiger partial charge in [0.2, 0.25) is 11.8 Å². The number of rotatable bonds is 7. The van der Waals surface area contributed by atoms with Crippen LogP contribution < -0.4 is 5.32 Å². The van der Waals surface area contributed by atoms with E-state index in [4.69, 9.17) is 4.74 Å². The van der Waals surface area contributed by atoms with Crippen molar-refractivity contribution in [2.24, 2.45) is 0 Å². The van der Waals surface area contributed by atoms with Crippen molar-refractivity contribution in [3.63, 3.8) is 0 Å². The summed E-state index contributed by atoms with van der Waals surface area (Å²) >= 11 is 0. The Balaban J connectivity index is 1.84. The van der Waals surface area contributed by atoms with Gasteiger partial charge in [0.05, 0.1) is 18.3 Å². The molecule has 218 valence electrons. The number of likely N-dealkylation sites (tertiary alicyclic amines) is 1. The second-order valence-corrected chi connectivity index (χ2v) is 10.9. The first-order valence-electron chi connectivity index (χ1n) is 12.9. The van der Waals surface area contributed by atoms with E-state index in [0.29, 0.717) is 18.7 Å². The topological polar surface area (TPSA) is 125 Å². The van der Waals surface area contributed by atoms with E-state index in [1.165, 1.54) is 0 Å². The fourth-order valence-corrected chi connectivity index (χ4v) is 4.58. The molecule has 1 fully saturated rings. The number of aromatic nitrogens is 2. The monoisotopic (exact) mass is 561 g/mol. The Bertz CT molecular complexity index is 1060. The largest absolute Gasteiger partial charge is 0.444 e.